The molecule has 13 heavy (non-hydrogen) atoms. The first-order valence-corrected chi connectivity index (χ1v) is 9.43. The predicted molar refractivity (Wildman–Crippen MR) is 65.8 cm³/mol. The second kappa shape index (κ2) is 6.02. The third-order valence-corrected chi connectivity index (χ3v) is 3.50. The second-order valence-corrected chi connectivity index (χ2v) is 10.1. The molecule has 0 aliphatic rings. The fourth-order valence-corrected chi connectivity index (χ4v) is 2.59. The second-order valence-electron chi connectivity index (χ2n) is 3.43. The molecule has 0 spiro atoms. The van der Waals surface area contributed by atoms with Gasteiger partial charge in [0.25, 0.3) is 0 Å². The third kappa shape index (κ3) is 10.4. The van der Waals surface area contributed by atoms with Gasteiger partial charge < -0.3 is 4.43 Å². The van der Waals surface area contributed by atoms with E-state index in [0.717, 1.165) is 0 Å². The fourth-order valence-electron chi connectivity index (χ4n) is 0.586. The van der Waals surface area contributed by atoms with Gasteiger partial charge in [0.1, 0.15) is 0 Å². The minimum atomic E-state index is -1.75. The van der Waals surface area contributed by atoms with Crippen molar-refractivity contribution in [2.75, 3.05) is 11.5 Å². The van der Waals surface area contributed by atoms with Crippen molar-refractivity contribution in [1.82, 2.24) is 0 Å². The largest absolute Gasteiger partial charge is 0.519 e. The van der Waals surface area contributed by atoms with E-state index < -0.39 is 8.32 Å². The van der Waals surface area contributed by atoms with Crippen LogP contribution in [0.3, 0.4) is 0 Å². The Kier molecular flexibility index (Phi) is 6.22. The smallest absolute Gasteiger partial charge is 0.302 e. The quantitative estimate of drug-likeness (QED) is 0.439. The lowest BCUT2D eigenvalue weighted by molar-refractivity contribution is -0.132. The van der Waals surface area contributed by atoms with E-state index in [2.05, 4.69) is 0 Å². The van der Waals surface area contributed by atoms with E-state index in [4.69, 9.17) is 4.43 Å². The highest BCUT2D eigenvalue weighted by Crippen LogP contribution is 2.08. The molecule has 0 rings (SSSR count). The van der Waals surface area contributed by atoms with Crippen LogP contribution in [0, 0.1) is 0 Å². The van der Waals surface area contributed by atoms with Crippen molar-refractivity contribution in [1.29, 1.82) is 0 Å². The van der Waals surface area contributed by atoms with E-state index in [0.29, 0.717) is 5.75 Å². The van der Waals surface area contributed by atoms with Gasteiger partial charge in [-0.15, -0.1) is 11.8 Å². The summed E-state index contributed by atoms with van der Waals surface area (Å²) in [5.74, 6) is 0.446. The number of hydrogen-bond donors (Lipinski definition) is 0. The Balaban J connectivity index is 3.59. The van der Waals surface area contributed by atoms with Crippen LogP contribution in [0.15, 0.2) is 0 Å². The lowest BCUT2D eigenvalue weighted by atomic mass is 10.8. The number of halogens is 1. The highest BCUT2D eigenvalue weighted by molar-refractivity contribution is 14.1. The third-order valence-electron chi connectivity index (χ3n) is 0.855. The summed E-state index contributed by atoms with van der Waals surface area (Å²) >= 11 is 3.02. The van der Waals surface area contributed by atoms with E-state index in [1.807, 2.05) is 19.6 Å². The van der Waals surface area contributed by atoms with Crippen LogP contribution in [0.2, 0.25) is 19.6 Å². The number of carbonyl (C=O) groups is 2. The first-order chi connectivity index (χ1) is 5.81. The van der Waals surface area contributed by atoms with E-state index >= 15 is 0 Å². The molecular weight excluding hydrogens is 319 g/mol. The van der Waals surface area contributed by atoms with Crippen molar-refractivity contribution >= 4 is 52.4 Å². The van der Waals surface area contributed by atoms with Gasteiger partial charge in [-0.25, -0.2) is 0 Å². The molecule has 0 bridgehead atoms. The molecular formula is C7H13IO3SSi. The molecule has 3 nitrogen and oxygen atoms in total. The van der Waals surface area contributed by atoms with Gasteiger partial charge in [-0.2, -0.15) is 0 Å². The molecule has 0 saturated heterocycles. The maximum atomic E-state index is 11.1. The molecule has 0 aromatic rings. The Bertz CT molecular complexity index is 202. The standard InChI is InChI=1S/C7H13IO3SSi/c1-13(2,3)11-7(10)5-12-4-6(8)9/h4-5H2,1-3H3. The molecule has 6 heteroatoms. The van der Waals surface area contributed by atoms with Crippen molar-refractivity contribution in [2.45, 2.75) is 19.6 Å². The summed E-state index contributed by atoms with van der Waals surface area (Å²) in [6.07, 6.45) is 0. The van der Waals surface area contributed by atoms with Crippen LogP contribution in [0.25, 0.3) is 0 Å². The molecule has 0 aliphatic heterocycles. The number of carbonyl (C=O) groups excluding carboxylic acids is 2. The van der Waals surface area contributed by atoms with Crippen LogP contribution in [-0.4, -0.2) is 29.6 Å². The number of hydrogen-bond acceptors (Lipinski definition) is 4. The van der Waals surface area contributed by atoms with Gasteiger partial charge in [0.15, 0.2) is 0 Å². The first kappa shape index (κ1) is 13.4. The predicted octanol–water partition coefficient (Wildman–Crippen LogP) is 2.06. The normalized spacial score (nSPS) is 11.1. The van der Waals surface area contributed by atoms with Crippen molar-refractivity contribution in [3.05, 3.63) is 0 Å². The topological polar surface area (TPSA) is 43.4 Å². The lowest BCUT2D eigenvalue weighted by Crippen LogP contribution is -2.30. The van der Waals surface area contributed by atoms with Gasteiger partial charge >= 0.3 is 5.97 Å². The van der Waals surface area contributed by atoms with Crippen LogP contribution in [0.1, 0.15) is 0 Å². The van der Waals surface area contributed by atoms with Crippen molar-refractivity contribution in [3.63, 3.8) is 0 Å². The maximum absolute atomic E-state index is 11.1. The highest BCUT2D eigenvalue weighted by atomic mass is 127. The summed E-state index contributed by atoms with van der Waals surface area (Å²) in [6, 6.07) is 0. The molecule has 0 amide bonds. The van der Waals surface area contributed by atoms with E-state index in [-0.39, 0.29) is 15.5 Å². The molecule has 76 valence electrons. The molecule has 0 unspecified atom stereocenters. The Morgan fingerprint density at radius 1 is 1.31 bits per heavy atom. The zero-order valence-electron chi connectivity index (χ0n) is 7.93. The molecule has 0 heterocycles. The molecule has 0 aliphatic carbocycles. The molecule has 0 fully saturated rings. The average molecular weight is 332 g/mol. The van der Waals surface area contributed by atoms with Crippen LogP contribution < -0.4 is 0 Å². The molecule has 0 aromatic carbocycles. The van der Waals surface area contributed by atoms with E-state index in [1.54, 1.807) is 22.6 Å². The Hall–Kier alpha value is 0.437. The fraction of sp³-hybridized carbons (Fsp3) is 0.714. The molecule has 0 radical (unpaired) electrons. The van der Waals surface area contributed by atoms with Crippen LogP contribution in [-0.2, 0) is 14.0 Å². The van der Waals surface area contributed by atoms with Crippen molar-refractivity contribution < 1.29 is 14.0 Å². The molecule has 0 atom stereocenters. The summed E-state index contributed by atoms with van der Waals surface area (Å²) in [6.45, 7) is 5.87. The van der Waals surface area contributed by atoms with Gasteiger partial charge in [-0.1, -0.05) is 0 Å². The highest BCUT2D eigenvalue weighted by Gasteiger charge is 2.19. The summed E-state index contributed by atoms with van der Waals surface area (Å²) in [5.41, 5.74) is 0. The Morgan fingerprint density at radius 3 is 2.23 bits per heavy atom. The van der Waals surface area contributed by atoms with Gasteiger partial charge in [0.05, 0.1) is 11.5 Å². The van der Waals surface area contributed by atoms with Crippen molar-refractivity contribution in [2.24, 2.45) is 0 Å². The monoisotopic (exact) mass is 332 g/mol. The van der Waals surface area contributed by atoms with Gasteiger partial charge in [-0.05, 0) is 19.6 Å². The van der Waals surface area contributed by atoms with Crippen LogP contribution >= 0.6 is 34.4 Å². The summed E-state index contributed by atoms with van der Waals surface area (Å²) in [7, 11) is -1.75. The van der Waals surface area contributed by atoms with E-state index in [9.17, 15) is 9.59 Å². The molecule has 0 aromatic heterocycles. The minimum absolute atomic E-state index is 0.0587. The number of rotatable bonds is 5. The SMILES string of the molecule is C[Si](C)(C)OC(=O)CSCC(=O)I. The van der Waals surface area contributed by atoms with Gasteiger partial charge in [-0.3, -0.25) is 9.59 Å². The van der Waals surface area contributed by atoms with Crippen molar-refractivity contribution in [3.8, 4) is 0 Å². The van der Waals surface area contributed by atoms with Crippen LogP contribution in [0.4, 0.5) is 0 Å². The molecule has 0 saturated carbocycles. The summed E-state index contributed by atoms with van der Waals surface area (Å²) < 4.78 is 5.24. The Labute approximate surface area is 97.3 Å². The average Bonchev–Trinajstić information content (AvgIpc) is 1.81. The Morgan fingerprint density at radius 2 is 1.85 bits per heavy atom. The summed E-state index contributed by atoms with van der Waals surface area (Å²) in [4.78, 5) is 21.7. The lowest BCUT2D eigenvalue weighted by Gasteiger charge is -2.16. The van der Waals surface area contributed by atoms with Crippen LogP contribution in [0.5, 0.6) is 0 Å². The van der Waals surface area contributed by atoms with Gasteiger partial charge in [0.2, 0.25) is 12.1 Å². The zero-order valence-corrected chi connectivity index (χ0v) is 11.9. The first-order valence-electron chi connectivity index (χ1n) is 3.79. The molecule has 0 N–H and O–H groups in total. The maximum Gasteiger partial charge on any atom is 0.302 e. The minimum Gasteiger partial charge on any atom is -0.519 e. The zero-order chi connectivity index (χ0) is 10.5. The summed E-state index contributed by atoms with van der Waals surface area (Å²) in [5, 5.41) is 0. The van der Waals surface area contributed by atoms with E-state index in [1.165, 1.54) is 11.8 Å². The number of thioether (sulfide) groups is 1. The van der Waals surface area contributed by atoms with Gasteiger partial charge in [0, 0.05) is 22.6 Å².